The number of unbranched alkanes of at least 4 members (excludes halogenated alkanes) is 3. The fourth-order valence-electron chi connectivity index (χ4n) is 1.32. The number of rotatable bonds is 9. The molecule has 0 atom stereocenters. The number of carbonyl (C=O) groups is 2. The van der Waals surface area contributed by atoms with Gasteiger partial charge in [-0.25, -0.2) is 4.79 Å². The Kier molecular flexibility index (Phi) is 10.4. The predicted octanol–water partition coefficient (Wildman–Crippen LogP) is 1.82. The van der Waals surface area contributed by atoms with Crippen LogP contribution in [0.25, 0.3) is 0 Å². The lowest BCUT2D eigenvalue weighted by atomic mass is 10.2. The van der Waals surface area contributed by atoms with Gasteiger partial charge in [-0.3, -0.25) is 4.79 Å². The number of methoxy groups -OCH3 is 1. The van der Waals surface area contributed by atoms with Gasteiger partial charge in [0, 0.05) is 19.5 Å². The zero-order valence-corrected chi connectivity index (χ0v) is 10.9. The Bertz CT molecular complexity index is 220. The van der Waals surface area contributed by atoms with Crippen molar-refractivity contribution < 1.29 is 14.3 Å². The molecule has 2 N–H and O–H groups in total. The van der Waals surface area contributed by atoms with Gasteiger partial charge in [0.15, 0.2) is 0 Å². The predicted molar refractivity (Wildman–Crippen MR) is 66.8 cm³/mol. The molecule has 0 radical (unpaired) electrons. The summed E-state index contributed by atoms with van der Waals surface area (Å²) in [6, 6.07) is -0.105. The standard InChI is InChI=1S/C12H24N2O3/c1-3-4-9-13-12(16)14-10-7-5-6-8-11(15)17-2/h3-10H2,1-2H3,(H2,13,14,16). The van der Waals surface area contributed by atoms with E-state index in [1.807, 2.05) is 0 Å². The molecule has 2 amide bonds. The van der Waals surface area contributed by atoms with E-state index in [-0.39, 0.29) is 12.0 Å². The monoisotopic (exact) mass is 244 g/mol. The summed E-state index contributed by atoms with van der Waals surface area (Å²) in [5.41, 5.74) is 0. The van der Waals surface area contributed by atoms with Crippen LogP contribution >= 0.6 is 0 Å². The SMILES string of the molecule is CCCCNC(=O)NCCCCCC(=O)OC. The smallest absolute Gasteiger partial charge is 0.314 e. The first-order valence-corrected chi connectivity index (χ1v) is 6.29. The first-order valence-electron chi connectivity index (χ1n) is 6.29. The average Bonchev–Trinajstić information content (AvgIpc) is 2.33. The molecule has 0 rings (SSSR count). The van der Waals surface area contributed by atoms with Gasteiger partial charge >= 0.3 is 12.0 Å². The lowest BCUT2D eigenvalue weighted by Gasteiger charge is -2.06. The van der Waals surface area contributed by atoms with Crippen molar-refractivity contribution >= 4 is 12.0 Å². The summed E-state index contributed by atoms with van der Waals surface area (Å²) in [6.07, 6.45) is 5.16. The zero-order chi connectivity index (χ0) is 12.9. The van der Waals surface area contributed by atoms with Crippen LogP contribution in [0, 0.1) is 0 Å². The second-order valence-corrected chi connectivity index (χ2v) is 3.92. The number of ether oxygens (including phenoxy) is 1. The van der Waals surface area contributed by atoms with E-state index in [0.29, 0.717) is 13.0 Å². The number of nitrogens with one attached hydrogen (secondary N) is 2. The Hall–Kier alpha value is -1.26. The van der Waals surface area contributed by atoms with Crippen molar-refractivity contribution in [3.05, 3.63) is 0 Å². The fourth-order valence-corrected chi connectivity index (χ4v) is 1.32. The highest BCUT2D eigenvalue weighted by atomic mass is 16.5. The Morgan fingerprint density at radius 2 is 1.65 bits per heavy atom. The largest absolute Gasteiger partial charge is 0.469 e. The average molecular weight is 244 g/mol. The summed E-state index contributed by atoms with van der Waals surface area (Å²) in [6.45, 7) is 3.46. The van der Waals surface area contributed by atoms with Crippen molar-refractivity contribution in [1.29, 1.82) is 0 Å². The van der Waals surface area contributed by atoms with Crippen LogP contribution in [-0.4, -0.2) is 32.2 Å². The summed E-state index contributed by atoms with van der Waals surface area (Å²) < 4.78 is 4.53. The lowest BCUT2D eigenvalue weighted by Crippen LogP contribution is -2.36. The summed E-state index contributed by atoms with van der Waals surface area (Å²) in [5, 5.41) is 5.56. The Morgan fingerprint density at radius 3 is 2.24 bits per heavy atom. The molecular weight excluding hydrogens is 220 g/mol. The van der Waals surface area contributed by atoms with Crippen LogP contribution in [0.5, 0.6) is 0 Å². The Balaban J connectivity index is 3.22. The third-order valence-electron chi connectivity index (χ3n) is 2.39. The summed E-state index contributed by atoms with van der Waals surface area (Å²) in [4.78, 5) is 22.0. The molecule has 0 spiro atoms. The van der Waals surface area contributed by atoms with Gasteiger partial charge in [0.05, 0.1) is 7.11 Å². The van der Waals surface area contributed by atoms with Gasteiger partial charge in [-0.15, -0.1) is 0 Å². The molecule has 0 unspecified atom stereocenters. The molecule has 0 heterocycles. The van der Waals surface area contributed by atoms with Crippen LogP contribution in [0.3, 0.4) is 0 Å². The topological polar surface area (TPSA) is 67.4 Å². The van der Waals surface area contributed by atoms with Gasteiger partial charge in [0.1, 0.15) is 0 Å². The molecule has 0 saturated heterocycles. The van der Waals surface area contributed by atoms with Crippen molar-refractivity contribution in [1.82, 2.24) is 10.6 Å². The molecular formula is C12H24N2O3. The van der Waals surface area contributed by atoms with Gasteiger partial charge in [-0.2, -0.15) is 0 Å². The molecule has 17 heavy (non-hydrogen) atoms. The number of carbonyl (C=O) groups excluding carboxylic acids is 2. The minimum atomic E-state index is -0.171. The normalized spacial score (nSPS) is 9.76. The first-order chi connectivity index (χ1) is 8.20. The third-order valence-corrected chi connectivity index (χ3v) is 2.39. The summed E-state index contributed by atoms with van der Waals surface area (Å²) in [5.74, 6) is -0.171. The highest BCUT2D eigenvalue weighted by Gasteiger charge is 2.00. The molecule has 5 heteroatoms. The van der Waals surface area contributed by atoms with E-state index in [1.54, 1.807) is 0 Å². The Labute approximate surface area is 103 Å². The molecule has 0 aliphatic carbocycles. The molecule has 0 aromatic rings. The van der Waals surface area contributed by atoms with Crippen molar-refractivity contribution in [3.8, 4) is 0 Å². The number of esters is 1. The molecule has 0 bridgehead atoms. The minimum absolute atomic E-state index is 0.105. The van der Waals surface area contributed by atoms with Crippen molar-refractivity contribution in [2.75, 3.05) is 20.2 Å². The minimum Gasteiger partial charge on any atom is -0.469 e. The van der Waals surface area contributed by atoms with Crippen LogP contribution in [-0.2, 0) is 9.53 Å². The third kappa shape index (κ3) is 11.0. The van der Waals surface area contributed by atoms with Crippen LogP contribution in [0.1, 0.15) is 45.4 Å². The maximum atomic E-state index is 11.2. The number of urea groups is 1. The van der Waals surface area contributed by atoms with Gasteiger partial charge in [0.2, 0.25) is 0 Å². The summed E-state index contributed by atoms with van der Waals surface area (Å²) in [7, 11) is 1.39. The highest BCUT2D eigenvalue weighted by molar-refractivity contribution is 5.73. The molecule has 5 nitrogen and oxygen atoms in total. The van der Waals surface area contributed by atoms with E-state index in [0.717, 1.165) is 38.6 Å². The van der Waals surface area contributed by atoms with Gasteiger partial charge < -0.3 is 15.4 Å². The van der Waals surface area contributed by atoms with E-state index >= 15 is 0 Å². The Morgan fingerprint density at radius 1 is 1.00 bits per heavy atom. The van der Waals surface area contributed by atoms with Crippen LogP contribution in [0.4, 0.5) is 4.79 Å². The van der Waals surface area contributed by atoms with Crippen molar-refractivity contribution in [2.45, 2.75) is 45.4 Å². The second-order valence-electron chi connectivity index (χ2n) is 3.92. The van der Waals surface area contributed by atoms with Crippen LogP contribution in [0.2, 0.25) is 0 Å². The highest BCUT2D eigenvalue weighted by Crippen LogP contribution is 1.99. The number of hydrogen-bond acceptors (Lipinski definition) is 3. The zero-order valence-electron chi connectivity index (χ0n) is 10.9. The molecule has 0 aliphatic rings. The van der Waals surface area contributed by atoms with Crippen molar-refractivity contribution in [3.63, 3.8) is 0 Å². The molecule has 0 saturated carbocycles. The lowest BCUT2D eigenvalue weighted by molar-refractivity contribution is -0.140. The number of hydrogen-bond donors (Lipinski definition) is 2. The van der Waals surface area contributed by atoms with Gasteiger partial charge in [0.25, 0.3) is 0 Å². The molecule has 0 fully saturated rings. The number of amides is 2. The second kappa shape index (κ2) is 11.2. The van der Waals surface area contributed by atoms with Gasteiger partial charge in [-0.05, 0) is 19.3 Å². The van der Waals surface area contributed by atoms with E-state index in [4.69, 9.17) is 0 Å². The first kappa shape index (κ1) is 15.7. The molecule has 0 aliphatic heterocycles. The van der Waals surface area contributed by atoms with E-state index < -0.39 is 0 Å². The molecule has 0 aromatic heterocycles. The van der Waals surface area contributed by atoms with Crippen LogP contribution in [0.15, 0.2) is 0 Å². The molecule has 100 valence electrons. The fraction of sp³-hybridized carbons (Fsp3) is 0.833. The summed E-state index contributed by atoms with van der Waals surface area (Å²) >= 11 is 0. The van der Waals surface area contributed by atoms with Gasteiger partial charge in [-0.1, -0.05) is 19.8 Å². The van der Waals surface area contributed by atoms with Crippen molar-refractivity contribution in [2.24, 2.45) is 0 Å². The van der Waals surface area contributed by atoms with Crippen LogP contribution < -0.4 is 10.6 Å². The van der Waals surface area contributed by atoms with E-state index in [9.17, 15) is 9.59 Å². The maximum Gasteiger partial charge on any atom is 0.314 e. The quantitative estimate of drug-likeness (QED) is 0.480. The van der Waals surface area contributed by atoms with E-state index in [1.165, 1.54) is 7.11 Å². The van der Waals surface area contributed by atoms with E-state index in [2.05, 4.69) is 22.3 Å². The molecule has 0 aromatic carbocycles. The maximum absolute atomic E-state index is 11.2.